The molecule has 0 bridgehead atoms. The summed E-state index contributed by atoms with van der Waals surface area (Å²) in [7, 11) is 3.25. The van der Waals surface area contributed by atoms with Crippen molar-refractivity contribution in [3.63, 3.8) is 0 Å². The highest BCUT2D eigenvalue weighted by atomic mass is 79.9. The third kappa shape index (κ3) is 5.39. The van der Waals surface area contributed by atoms with Crippen LogP contribution in [0, 0.1) is 0 Å². The Hall–Kier alpha value is -0.890. The van der Waals surface area contributed by atoms with E-state index < -0.39 is 0 Å². The monoisotopic (exact) mass is 388 g/mol. The van der Waals surface area contributed by atoms with Gasteiger partial charge in [-0.2, -0.15) is 0 Å². The Balaban J connectivity index is 0.000000745. The molecule has 2 rings (SSSR count). The molecule has 1 heterocycles. The molecule has 7 heteroatoms. The molecule has 0 unspecified atom stereocenters. The van der Waals surface area contributed by atoms with Gasteiger partial charge >= 0.3 is 0 Å². The number of ether oxygens (including phenoxy) is 1. The SMILES string of the molecule is CC(=O)N1CCc2cc(Br)c(SNCCC=O)cc21.COC. The molecule has 0 fully saturated rings. The smallest absolute Gasteiger partial charge is 0.223 e. The topological polar surface area (TPSA) is 58.6 Å². The largest absolute Gasteiger partial charge is 0.388 e. The molecule has 1 aromatic rings. The van der Waals surface area contributed by atoms with Gasteiger partial charge in [-0.25, -0.2) is 0 Å². The average molecular weight is 389 g/mol. The van der Waals surface area contributed by atoms with Gasteiger partial charge in [0, 0.05) is 55.7 Å². The van der Waals surface area contributed by atoms with Crippen molar-refractivity contribution in [1.82, 2.24) is 4.72 Å². The number of benzene rings is 1. The molecule has 1 aromatic carbocycles. The zero-order valence-electron chi connectivity index (χ0n) is 13.0. The predicted molar refractivity (Wildman–Crippen MR) is 93.3 cm³/mol. The maximum atomic E-state index is 11.6. The number of amides is 1. The number of nitrogens with zero attached hydrogens (tertiary/aromatic N) is 1. The lowest BCUT2D eigenvalue weighted by atomic mass is 10.2. The molecule has 0 saturated heterocycles. The highest BCUT2D eigenvalue weighted by molar-refractivity contribution is 9.10. The summed E-state index contributed by atoms with van der Waals surface area (Å²) in [5.74, 6) is 0.0749. The summed E-state index contributed by atoms with van der Waals surface area (Å²) < 4.78 is 8.39. The van der Waals surface area contributed by atoms with Crippen LogP contribution in [-0.4, -0.2) is 39.5 Å². The minimum absolute atomic E-state index is 0.0749. The predicted octanol–water partition coefficient (Wildman–Crippen LogP) is 2.81. The van der Waals surface area contributed by atoms with Gasteiger partial charge in [-0.3, -0.25) is 9.52 Å². The van der Waals surface area contributed by atoms with Crippen molar-refractivity contribution in [2.24, 2.45) is 0 Å². The van der Waals surface area contributed by atoms with Gasteiger partial charge in [0.2, 0.25) is 5.91 Å². The summed E-state index contributed by atoms with van der Waals surface area (Å²) in [5.41, 5.74) is 2.19. The third-order valence-corrected chi connectivity index (χ3v) is 4.78. The minimum Gasteiger partial charge on any atom is -0.388 e. The number of fused-ring (bicyclic) bond motifs is 1. The van der Waals surface area contributed by atoms with Crippen LogP contribution in [-0.2, 0) is 20.7 Å². The lowest BCUT2D eigenvalue weighted by Gasteiger charge is -2.16. The van der Waals surface area contributed by atoms with E-state index in [1.807, 2.05) is 6.07 Å². The molecule has 122 valence electrons. The van der Waals surface area contributed by atoms with Gasteiger partial charge in [0.05, 0.1) is 0 Å². The van der Waals surface area contributed by atoms with E-state index in [4.69, 9.17) is 0 Å². The molecule has 0 atom stereocenters. The van der Waals surface area contributed by atoms with Gasteiger partial charge in [0.15, 0.2) is 0 Å². The molecule has 5 nitrogen and oxygen atoms in total. The number of carbonyl (C=O) groups is 2. The zero-order chi connectivity index (χ0) is 16.5. The second-order valence-corrected chi connectivity index (χ2v) is 6.48. The lowest BCUT2D eigenvalue weighted by Crippen LogP contribution is -2.25. The Labute approximate surface area is 144 Å². The fourth-order valence-corrected chi connectivity index (χ4v) is 3.38. The fourth-order valence-electron chi connectivity index (χ4n) is 2.04. The Morgan fingerprint density at radius 1 is 1.50 bits per heavy atom. The Morgan fingerprint density at radius 2 is 2.18 bits per heavy atom. The molecule has 1 amide bonds. The van der Waals surface area contributed by atoms with Crippen molar-refractivity contribution in [3.8, 4) is 0 Å². The van der Waals surface area contributed by atoms with Crippen molar-refractivity contribution in [2.75, 3.05) is 32.2 Å². The van der Waals surface area contributed by atoms with E-state index in [-0.39, 0.29) is 5.91 Å². The third-order valence-electron chi connectivity index (χ3n) is 2.96. The molecule has 0 saturated carbocycles. The number of aldehydes is 1. The number of nitrogens with one attached hydrogen (secondary N) is 1. The summed E-state index contributed by atoms with van der Waals surface area (Å²) in [6, 6.07) is 4.09. The van der Waals surface area contributed by atoms with Gasteiger partial charge in [-0.15, -0.1) is 0 Å². The van der Waals surface area contributed by atoms with Crippen LogP contribution in [0.25, 0.3) is 0 Å². The van der Waals surface area contributed by atoms with Crippen LogP contribution in [0.5, 0.6) is 0 Å². The molecule has 0 aliphatic carbocycles. The first kappa shape index (κ1) is 19.2. The Kier molecular flexibility index (Phi) is 8.70. The number of halogens is 1. The second kappa shape index (κ2) is 9.99. The van der Waals surface area contributed by atoms with E-state index in [2.05, 4.69) is 31.5 Å². The maximum absolute atomic E-state index is 11.6. The number of anilines is 1. The lowest BCUT2D eigenvalue weighted by molar-refractivity contribution is -0.116. The molecule has 1 N–H and O–H groups in total. The number of methoxy groups -OCH3 is 1. The molecule has 22 heavy (non-hydrogen) atoms. The van der Waals surface area contributed by atoms with E-state index in [0.717, 1.165) is 34.3 Å². The average Bonchev–Trinajstić information content (AvgIpc) is 2.87. The van der Waals surface area contributed by atoms with Crippen LogP contribution in [0.2, 0.25) is 0 Å². The molecular formula is C15H21BrN2O3S. The number of hydrogen-bond donors (Lipinski definition) is 1. The summed E-state index contributed by atoms with van der Waals surface area (Å²) in [6.07, 6.45) is 2.29. The summed E-state index contributed by atoms with van der Waals surface area (Å²) in [6.45, 7) is 2.98. The minimum atomic E-state index is 0.0749. The van der Waals surface area contributed by atoms with Crippen molar-refractivity contribution in [2.45, 2.75) is 24.7 Å². The number of carbonyl (C=O) groups excluding carboxylic acids is 2. The first-order valence-corrected chi connectivity index (χ1v) is 8.50. The van der Waals surface area contributed by atoms with Crippen LogP contribution in [0.3, 0.4) is 0 Å². The summed E-state index contributed by atoms with van der Waals surface area (Å²) in [5, 5.41) is 0. The van der Waals surface area contributed by atoms with Gasteiger partial charge in [-0.1, -0.05) is 0 Å². The quantitative estimate of drug-likeness (QED) is 0.477. The number of rotatable bonds is 5. The van der Waals surface area contributed by atoms with E-state index in [9.17, 15) is 9.59 Å². The first-order valence-electron chi connectivity index (χ1n) is 6.89. The van der Waals surface area contributed by atoms with Gasteiger partial charge in [0.25, 0.3) is 0 Å². The summed E-state index contributed by atoms with van der Waals surface area (Å²) in [4.78, 5) is 24.6. The van der Waals surface area contributed by atoms with E-state index >= 15 is 0 Å². The van der Waals surface area contributed by atoms with Gasteiger partial charge < -0.3 is 14.4 Å². The normalized spacial score (nSPS) is 12.5. The van der Waals surface area contributed by atoms with Gasteiger partial charge in [-0.05, 0) is 52.0 Å². The molecule has 0 spiro atoms. The Bertz CT molecular complexity index is 526. The van der Waals surface area contributed by atoms with Crippen molar-refractivity contribution < 1.29 is 14.3 Å². The van der Waals surface area contributed by atoms with E-state index in [0.29, 0.717) is 13.0 Å². The fraction of sp³-hybridized carbons (Fsp3) is 0.467. The van der Waals surface area contributed by atoms with Crippen LogP contribution in [0.1, 0.15) is 18.9 Å². The zero-order valence-corrected chi connectivity index (χ0v) is 15.4. The van der Waals surface area contributed by atoms with Crippen LogP contribution >= 0.6 is 27.9 Å². The molecule has 1 aliphatic rings. The molecular weight excluding hydrogens is 368 g/mol. The van der Waals surface area contributed by atoms with Crippen LogP contribution < -0.4 is 9.62 Å². The Morgan fingerprint density at radius 3 is 2.77 bits per heavy atom. The molecule has 1 aliphatic heterocycles. The summed E-state index contributed by atoms with van der Waals surface area (Å²) >= 11 is 5.02. The van der Waals surface area contributed by atoms with Crippen LogP contribution in [0.4, 0.5) is 5.69 Å². The van der Waals surface area contributed by atoms with Crippen LogP contribution in [0.15, 0.2) is 21.5 Å². The number of hydrogen-bond acceptors (Lipinski definition) is 5. The highest BCUT2D eigenvalue weighted by Crippen LogP contribution is 2.36. The van der Waals surface area contributed by atoms with E-state index in [1.165, 1.54) is 17.5 Å². The molecule has 0 aromatic heterocycles. The van der Waals surface area contributed by atoms with Crippen molar-refractivity contribution >= 4 is 45.8 Å². The van der Waals surface area contributed by atoms with Crippen molar-refractivity contribution in [1.29, 1.82) is 0 Å². The maximum Gasteiger partial charge on any atom is 0.223 e. The molecule has 0 radical (unpaired) electrons. The standard InChI is InChI=1S/C13H15BrN2O2S.C2H6O/c1-9(18)16-5-3-10-7-11(14)13(8-12(10)16)19-15-4-2-6-17;1-3-2/h6-8,15H,2-5H2,1H3;1-2H3. The second-order valence-electron chi connectivity index (χ2n) is 4.69. The van der Waals surface area contributed by atoms with Crippen molar-refractivity contribution in [3.05, 3.63) is 22.2 Å². The van der Waals surface area contributed by atoms with Gasteiger partial charge in [0.1, 0.15) is 6.29 Å². The highest BCUT2D eigenvalue weighted by Gasteiger charge is 2.23. The van der Waals surface area contributed by atoms with E-state index in [1.54, 1.807) is 26.0 Å². The first-order chi connectivity index (χ1) is 10.5.